The molecule has 0 saturated carbocycles. The van der Waals surface area contributed by atoms with Gasteiger partial charge in [-0.1, -0.05) is 24.3 Å². The van der Waals surface area contributed by atoms with E-state index in [0.29, 0.717) is 12.8 Å². The van der Waals surface area contributed by atoms with Gasteiger partial charge in [-0.15, -0.1) is 11.3 Å². The van der Waals surface area contributed by atoms with Gasteiger partial charge in [-0.25, -0.2) is 9.37 Å². The average Bonchev–Trinajstić information content (AvgIpc) is 3.27. The predicted molar refractivity (Wildman–Crippen MR) is 98.0 cm³/mol. The Balaban J connectivity index is 1.43. The first kappa shape index (κ1) is 16.2. The third-order valence-corrected chi connectivity index (χ3v) is 5.82. The number of rotatable bonds is 4. The van der Waals surface area contributed by atoms with Crippen LogP contribution in [0.5, 0.6) is 0 Å². The van der Waals surface area contributed by atoms with Gasteiger partial charge in [0.15, 0.2) is 0 Å². The Labute approximate surface area is 150 Å². The molecule has 1 aliphatic heterocycles. The van der Waals surface area contributed by atoms with Crippen molar-refractivity contribution in [3.63, 3.8) is 0 Å². The quantitative estimate of drug-likeness (QED) is 0.678. The Kier molecular flexibility index (Phi) is 4.49. The smallest absolute Gasteiger partial charge is 0.223 e. The maximum Gasteiger partial charge on any atom is 0.223 e. The zero-order valence-electron chi connectivity index (χ0n) is 13.8. The lowest BCUT2D eigenvalue weighted by Crippen LogP contribution is -2.30. The van der Waals surface area contributed by atoms with Crippen LogP contribution in [0.15, 0.2) is 48.5 Å². The summed E-state index contributed by atoms with van der Waals surface area (Å²) < 4.78 is 14.3. The van der Waals surface area contributed by atoms with Crippen molar-refractivity contribution in [1.82, 2.24) is 9.88 Å². The number of hydrogen-bond donors (Lipinski definition) is 0. The van der Waals surface area contributed by atoms with Crippen LogP contribution in [0.4, 0.5) is 4.39 Å². The molecule has 1 atom stereocenters. The molecule has 0 bridgehead atoms. The number of likely N-dealkylation sites (tertiary alicyclic amines) is 1. The molecule has 3 nitrogen and oxygen atoms in total. The molecule has 1 amide bonds. The van der Waals surface area contributed by atoms with Crippen LogP contribution in [0.2, 0.25) is 0 Å². The SMILES string of the molecule is O=C(CCc1nc2ccccc2s1)N1CCCC1c1ccc(F)cc1. The minimum absolute atomic E-state index is 0.0727. The Hall–Kier alpha value is -2.27. The summed E-state index contributed by atoms with van der Waals surface area (Å²) in [7, 11) is 0. The maximum atomic E-state index is 13.1. The zero-order chi connectivity index (χ0) is 17.2. The number of thiazole rings is 1. The minimum atomic E-state index is -0.240. The van der Waals surface area contributed by atoms with Crippen LogP contribution >= 0.6 is 11.3 Å². The zero-order valence-corrected chi connectivity index (χ0v) is 14.6. The van der Waals surface area contributed by atoms with E-state index in [-0.39, 0.29) is 17.8 Å². The summed E-state index contributed by atoms with van der Waals surface area (Å²) in [5, 5.41) is 1.01. The summed E-state index contributed by atoms with van der Waals surface area (Å²) in [6, 6.07) is 14.6. The van der Waals surface area contributed by atoms with Crippen molar-refractivity contribution in [2.24, 2.45) is 0 Å². The molecular formula is C20H19FN2OS. The van der Waals surface area contributed by atoms with Crippen molar-refractivity contribution in [3.05, 3.63) is 64.9 Å². The van der Waals surface area contributed by atoms with E-state index < -0.39 is 0 Å². The van der Waals surface area contributed by atoms with E-state index in [9.17, 15) is 9.18 Å². The first-order chi connectivity index (χ1) is 12.2. The third kappa shape index (κ3) is 3.42. The number of aromatic nitrogens is 1. The van der Waals surface area contributed by atoms with Gasteiger partial charge in [0.1, 0.15) is 5.82 Å². The van der Waals surface area contributed by atoms with Crippen molar-refractivity contribution in [2.45, 2.75) is 31.7 Å². The van der Waals surface area contributed by atoms with Gasteiger partial charge in [0.2, 0.25) is 5.91 Å². The normalized spacial score (nSPS) is 17.3. The number of fused-ring (bicyclic) bond motifs is 1. The van der Waals surface area contributed by atoms with Crippen molar-refractivity contribution in [2.75, 3.05) is 6.54 Å². The summed E-state index contributed by atoms with van der Waals surface area (Å²) >= 11 is 1.66. The highest BCUT2D eigenvalue weighted by atomic mass is 32.1. The lowest BCUT2D eigenvalue weighted by molar-refractivity contribution is -0.132. The van der Waals surface area contributed by atoms with Crippen LogP contribution in [-0.2, 0) is 11.2 Å². The topological polar surface area (TPSA) is 33.2 Å². The predicted octanol–water partition coefficient (Wildman–Crippen LogP) is 4.73. The van der Waals surface area contributed by atoms with E-state index in [4.69, 9.17) is 0 Å². The fourth-order valence-electron chi connectivity index (χ4n) is 3.48. The van der Waals surface area contributed by atoms with Crippen molar-refractivity contribution >= 4 is 27.5 Å². The van der Waals surface area contributed by atoms with E-state index in [0.717, 1.165) is 40.2 Å². The van der Waals surface area contributed by atoms with Crippen molar-refractivity contribution in [3.8, 4) is 0 Å². The highest BCUT2D eigenvalue weighted by Crippen LogP contribution is 2.33. The summed E-state index contributed by atoms with van der Waals surface area (Å²) in [6.07, 6.45) is 3.08. The molecule has 0 spiro atoms. The Bertz CT molecular complexity index is 857. The number of carbonyl (C=O) groups is 1. The summed E-state index contributed by atoms with van der Waals surface area (Å²) in [4.78, 5) is 19.3. The van der Waals surface area contributed by atoms with Crippen molar-refractivity contribution in [1.29, 1.82) is 0 Å². The number of benzene rings is 2. The van der Waals surface area contributed by atoms with Gasteiger partial charge in [0.25, 0.3) is 0 Å². The van der Waals surface area contributed by atoms with Crippen molar-refractivity contribution < 1.29 is 9.18 Å². The minimum Gasteiger partial charge on any atom is -0.336 e. The number of nitrogens with zero attached hydrogens (tertiary/aromatic N) is 2. The molecule has 5 heteroatoms. The van der Waals surface area contributed by atoms with Crippen LogP contribution in [-0.4, -0.2) is 22.3 Å². The van der Waals surface area contributed by atoms with E-state index in [1.54, 1.807) is 23.5 Å². The van der Waals surface area contributed by atoms with Gasteiger partial charge < -0.3 is 4.90 Å². The monoisotopic (exact) mass is 354 g/mol. The number of para-hydroxylation sites is 1. The molecule has 3 aromatic rings. The van der Waals surface area contributed by atoms with E-state index in [1.807, 2.05) is 23.1 Å². The summed E-state index contributed by atoms with van der Waals surface area (Å²) in [5.74, 6) is -0.0819. The van der Waals surface area contributed by atoms with Crippen LogP contribution in [0.1, 0.15) is 35.9 Å². The summed E-state index contributed by atoms with van der Waals surface area (Å²) in [6.45, 7) is 0.778. The molecular weight excluding hydrogens is 335 g/mol. The van der Waals surface area contributed by atoms with Gasteiger partial charge in [0.05, 0.1) is 21.3 Å². The molecule has 0 radical (unpaired) electrons. The number of hydrogen-bond acceptors (Lipinski definition) is 3. The van der Waals surface area contributed by atoms with Gasteiger partial charge in [-0.2, -0.15) is 0 Å². The highest BCUT2D eigenvalue weighted by Gasteiger charge is 2.29. The number of amides is 1. The van der Waals surface area contributed by atoms with Gasteiger partial charge >= 0.3 is 0 Å². The third-order valence-electron chi connectivity index (χ3n) is 4.72. The molecule has 0 aliphatic carbocycles. The lowest BCUT2D eigenvalue weighted by Gasteiger charge is -2.25. The second-order valence-corrected chi connectivity index (χ2v) is 7.49. The molecule has 2 heterocycles. The lowest BCUT2D eigenvalue weighted by atomic mass is 10.0. The van der Waals surface area contributed by atoms with E-state index in [1.165, 1.54) is 12.1 Å². The Morgan fingerprint density at radius 2 is 2.00 bits per heavy atom. The molecule has 1 aromatic heterocycles. The Morgan fingerprint density at radius 3 is 2.80 bits per heavy atom. The second kappa shape index (κ2) is 6.92. The largest absolute Gasteiger partial charge is 0.336 e. The molecule has 1 aliphatic rings. The van der Waals surface area contributed by atoms with E-state index >= 15 is 0 Å². The Morgan fingerprint density at radius 1 is 1.20 bits per heavy atom. The van der Waals surface area contributed by atoms with Crippen LogP contribution in [0.25, 0.3) is 10.2 Å². The first-order valence-electron chi connectivity index (χ1n) is 8.60. The van der Waals surface area contributed by atoms with E-state index in [2.05, 4.69) is 11.1 Å². The second-order valence-electron chi connectivity index (χ2n) is 6.37. The molecule has 1 saturated heterocycles. The van der Waals surface area contributed by atoms with Crippen LogP contribution < -0.4 is 0 Å². The van der Waals surface area contributed by atoms with Gasteiger partial charge in [0, 0.05) is 19.4 Å². The van der Waals surface area contributed by atoms with Gasteiger partial charge in [-0.05, 0) is 42.7 Å². The summed E-state index contributed by atoms with van der Waals surface area (Å²) in [5.41, 5.74) is 2.02. The molecule has 0 N–H and O–H groups in total. The molecule has 128 valence electrons. The fraction of sp³-hybridized carbons (Fsp3) is 0.300. The number of halogens is 1. The fourth-order valence-corrected chi connectivity index (χ4v) is 4.45. The molecule has 2 aromatic carbocycles. The maximum absolute atomic E-state index is 13.1. The van der Waals surface area contributed by atoms with Crippen LogP contribution in [0, 0.1) is 5.82 Å². The average molecular weight is 354 g/mol. The molecule has 1 unspecified atom stereocenters. The first-order valence-corrected chi connectivity index (χ1v) is 9.42. The molecule has 1 fully saturated rings. The molecule has 25 heavy (non-hydrogen) atoms. The van der Waals surface area contributed by atoms with Gasteiger partial charge in [-0.3, -0.25) is 4.79 Å². The number of carbonyl (C=O) groups excluding carboxylic acids is 1. The molecule has 4 rings (SSSR count). The highest BCUT2D eigenvalue weighted by molar-refractivity contribution is 7.18. The van der Waals surface area contributed by atoms with Crippen LogP contribution in [0.3, 0.4) is 0 Å². The number of aryl methyl sites for hydroxylation is 1. The standard InChI is InChI=1S/C20H19FN2OS/c21-15-9-7-14(8-10-15)17-5-3-13-23(17)20(24)12-11-19-22-16-4-1-2-6-18(16)25-19/h1-2,4,6-10,17H,3,5,11-13H2.